The molecule has 0 fully saturated rings. The molecule has 2 aromatic rings. The van der Waals surface area contributed by atoms with Gasteiger partial charge in [-0.15, -0.1) is 0 Å². The highest BCUT2D eigenvalue weighted by molar-refractivity contribution is 6.16. The molecular weight excluding hydrogens is 222 g/mol. The molecule has 1 aromatic heterocycles. The molecule has 1 unspecified atom stereocenters. The molecule has 4 N–H and O–H groups in total. The van der Waals surface area contributed by atoms with Crippen LogP contribution in [0.3, 0.4) is 0 Å². The van der Waals surface area contributed by atoms with Crippen molar-refractivity contribution < 1.29 is 14.7 Å². The van der Waals surface area contributed by atoms with Gasteiger partial charge in [0.2, 0.25) is 0 Å². The summed E-state index contributed by atoms with van der Waals surface area (Å²) in [4.78, 5) is 29.7. The van der Waals surface area contributed by atoms with Crippen molar-refractivity contribution in [1.29, 1.82) is 0 Å². The fourth-order valence-corrected chi connectivity index (χ4v) is 1.47. The van der Waals surface area contributed by atoms with Crippen LogP contribution in [0.25, 0.3) is 11.0 Å². The Morgan fingerprint density at radius 1 is 1.47 bits per heavy atom. The molecule has 1 atom stereocenters. The summed E-state index contributed by atoms with van der Waals surface area (Å²) in [5.74, 6) is -1.99. The summed E-state index contributed by atoms with van der Waals surface area (Å²) >= 11 is 0. The van der Waals surface area contributed by atoms with Gasteiger partial charge in [0.25, 0.3) is 0 Å². The predicted molar refractivity (Wildman–Crippen MR) is 60.7 cm³/mol. The molecule has 0 saturated heterocycles. The second-order valence-corrected chi connectivity index (χ2v) is 3.97. The Kier molecular flexibility index (Phi) is 2.44. The number of benzene rings is 1. The fourth-order valence-electron chi connectivity index (χ4n) is 1.47. The van der Waals surface area contributed by atoms with Crippen LogP contribution in [0.4, 0.5) is 0 Å². The summed E-state index contributed by atoms with van der Waals surface area (Å²) in [5.41, 5.74) is 5.17. The quantitative estimate of drug-likeness (QED) is 0.529. The lowest BCUT2D eigenvalue weighted by Gasteiger charge is -2.17. The first-order chi connectivity index (χ1) is 7.93. The van der Waals surface area contributed by atoms with Crippen LogP contribution in [0.15, 0.2) is 24.5 Å². The van der Waals surface area contributed by atoms with Crippen molar-refractivity contribution >= 4 is 22.8 Å². The van der Waals surface area contributed by atoms with Crippen molar-refractivity contribution in [1.82, 2.24) is 9.97 Å². The maximum Gasteiger partial charge on any atom is 0.331 e. The van der Waals surface area contributed by atoms with Gasteiger partial charge < -0.3 is 15.8 Å². The highest BCUT2D eigenvalue weighted by Crippen LogP contribution is 2.16. The number of Topliss-reactive ketones (excluding diaryl/α,β-unsaturated/α-hetero) is 1. The van der Waals surface area contributed by atoms with E-state index in [2.05, 4.69) is 9.97 Å². The summed E-state index contributed by atoms with van der Waals surface area (Å²) < 4.78 is 0. The van der Waals surface area contributed by atoms with Gasteiger partial charge in [0, 0.05) is 5.56 Å². The number of carboxylic acids is 1. The van der Waals surface area contributed by atoms with E-state index in [1.54, 1.807) is 12.1 Å². The first kappa shape index (κ1) is 11.3. The van der Waals surface area contributed by atoms with Crippen LogP contribution in [-0.2, 0) is 4.79 Å². The van der Waals surface area contributed by atoms with Gasteiger partial charge in [0.05, 0.1) is 17.4 Å². The molecule has 0 saturated carbocycles. The molecule has 0 aliphatic carbocycles. The summed E-state index contributed by atoms with van der Waals surface area (Å²) in [7, 11) is 0. The number of H-pyrrole nitrogens is 1. The maximum atomic E-state index is 11.9. The largest absolute Gasteiger partial charge is 0.480 e. The predicted octanol–water partition coefficient (Wildman–Crippen LogP) is 0.548. The number of hydrogen-bond acceptors (Lipinski definition) is 4. The van der Waals surface area contributed by atoms with Gasteiger partial charge >= 0.3 is 5.97 Å². The molecule has 2 rings (SSSR count). The Balaban J connectivity index is 2.46. The van der Waals surface area contributed by atoms with Gasteiger partial charge in [-0.3, -0.25) is 4.79 Å². The zero-order valence-electron chi connectivity index (χ0n) is 9.10. The first-order valence-electron chi connectivity index (χ1n) is 4.93. The highest BCUT2D eigenvalue weighted by Gasteiger charge is 2.37. The van der Waals surface area contributed by atoms with Gasteiger partial charge in [0.15, 0.2) is 11.3 Å². The number of hydrogen-bond donors (Lipinski definition) is 3. The summed E-state index contributed by atoms with van der Waals surface area (Å²) in [6.07, 6.45) is 1.50. The van der Waals surface area contributed by atoms with Crippen LogP contribution < -0.4 is 5.73 Å². The number of aromatic nitrogens is 2. The minimum absolute atomic E-state index is 0.245. The lowest BCUT2D eigenvalue weighted by molar-refractivity contribution is -0.140. The highest BCUT2D eigenvalue weighted by atomic mass is 16.4. The molecule has 0 radical (unpaired) electrons. The van der Waals surface area contributed by atoms with Crippen LogP contribution in [0, 0.1) is 0 Å². The van der Waals surface area contributed by atoms with Gasteiger partial charge in [-0.2, -0.15) is 0 Å². The summed E-state index contributed by atoms with van der Waals surface area (Å²) in [6.45, 7) is 1.18. The van der Waals surface area contributed by atoms with E-state index in [4.69, 9.17) is 10.8 Å². The topological polar surface area (TPSA) is 109 Å². The van der Waals surface area contributed by atoms with Crippen molar-refractivity contribution in [2.24, 2.45) is 5.73 Å². The maximum absolute atomic E-state index is 11.9. The van der Waals surface area contributed by atoms with Gasteiger partial charge in [0.1, 0.15) is 0 Å². The number of aromatic amines is 1. The smallest absolute Gasteiger partial charge is 0.331 e. The molecule has 0 aliphatic heterocycles. The lowest BCUT2D eigenvalue weighted by Crippen LogP contribution is -2.52. The molecule has 1 aromatic carbocycles. The molecule has 88 valence electrons. The fraction of sp³-hybridized carbons (Fsp3) is 0.182. The van der Waals surface area contributed by atoms with Crippen molar-refractivity contribution in [3.8, 4) is 0 Å². The molecule has 0 spiro atoms. The number of nitrogens with one attached hydrogen (secondary N) is 1. The van der Waals surface area contributed by atoms with Crippen molar-refractivity contribution in [3.63, 3.8) is 0 Å². The van der Waals surface area contributed by atoms with Crippen LogP contribution in [0.5, 0.6) is 0 Å². The second-order valence-electron chi connectivity index (χ2n) is 3.97. The Morgan fingerprint density at radius 3 is 2.82 bits per heavy atom. The number of carbonyl (C=O) groups excluding carboxylic acids is 1. The first-order valence-corrected chi connectivity index (χ1v) is 4.93. The average Bonchev–Trinajstić information content (AvgIpc) is 2.74. The van der Waals surface area contributed by atoms with Gasteiger partial charge in [-0.25, -0.2) is 9.78 Å². The monoisotopic (exact) mass is 233 g/mol. The van der Waals surface area contributed by atoms with Crippen LogP contribution in [0.1, 0.15) is 17.3 Å². The number of carboxylic acid groups (broad SMARTS) is 1. The normalized spacial score (nSPS) is 14.5. The molecule has 0 aliphatic rings. The van der Waals surface area contributed by atoms with Crippen LogP contribution in [-0.4, -0.2) is 32.4 Å². The van der Waals surface area contributed by atoms with E-state index in [1.807, 2.05) is 0 Å². The van der Waals surface area contributed by atoms with E-state index >= 15 is 0 Å². The van der Waals surface area contributed by atoms with Crippen molar-refractivity contribution in [2.75, 3.05) is 0 Å². The number of nitrogens with two attached hydrogens (primary N) is 1. The molecule has 0 bridgehead atoms. The Labute approximate surface area is 96.5 Å². The molecule has 0 amide bonds. The van der Waals surface area contributed by atoms with E-state index < -0.39 is 17.3 Å². The van der Waals surface area contributed by atoms with E-state index in [9.17, 15) is 9.59 Å². The molecular formula is C11H11N3O3. The number of carbonyl (C=O) groups is 2. The van der Waals surface area contributed by atoms with Crippen molar-refractivity contribution in [2.45, 2.75) is 12.5 Å². The third-order valence-electron chi connectivity index (χ3n) is 2.60. The van der Waals surface area contributed by atoms with Crippen molar-refractivity contribution in [3.05, 3.63) is 30.1 Å². The third-order valence-corrected chi connectivity index (χ3v) is 2.60. The molecule has 17 heavy (non-hydrogen) atoms. The molecule has 6 heteroatoms. The van der Waals surface area contributed by atoms with E-state index in [-0.39, 0.29) is 5.56 Å². The van der Waals surface area contributed by atoms with Crippen LogP contribution in [0.2, 0.25) is 0 Å². The number of fused-ring (bicyclic) bond motifs is 1. The Hall–Kier alpha value is -2.21. The SMILES string of the molecule is CC(N)(C(=O)O)C(=O)c1ccc2nc[nH]c2c1. The van der Waals surface area contributed by atoms with E-state index in [1.165, 1.54) is 19.3 Å². The second kappa shape index (κ2) is 3.67. The Bertz CT molecular complexity index is 601. The molecule has 1 heterocycles. The minimum atomic E-state index is -1.92. The Morgan fingerprint density at radius 2 is 2.18 bits per heavy atom. The zero-order chi connectivity index (χ0) is 12.6. The van der Waals surface area contributed by atoms with E-state index in [0.29, 0.717) is 11.0 Å². The average molecular weight is 233 g/mol. The summed E-state index contributed by atoms with van der Waals surface area (Å²) in [5, 5.41) is 8.88. The number of ketones is 1. The number of imidazole rings is 1. The zero-order valence-corrected chi connectivity index (χ0v) is 9.10. The number of rotatable bonds is 3. The standard InChI is InChI=1S/C11H11N3O3/c1-11(12,10(16)17)9(15)6-2-3-7-8(4-6)14-5-13-7/h2-5H,12H2,1H3,(H,13,14)(H,16,17). The summed E-state index contributed by atoms with van der Waals surface area (Å²) in [6, 6.07) is 4.69. The number of aliphatic carboxylic acids is 1. The van der Waals surface area contributed by atoms with Crippen LogP contribution >= 0.6 is 0 Å². The lowest BCUT2D eigenvalue weighted by atomic mass is 9.92. The minimum Gasteiger partial charge on any atom is -0.480 e. The number of nitrogens with zero attached hydrogens (tertiary/aromatic N) is 1. The van der Waals surface area contributed by atoms with Gasteiger partial charge in [-0.05, 0) is 25.1 Å². The van der Waals surface area contributed by atoms with Gasteiger partial charge in [-0.1, -0.05) is 0 Å². The van der Waals surface area contributed by atoms with E-state index in [0.717, 1.165) is 0 Å². The third kappa shape index (κ3) is 1.78. The molecule has 6 nitrogen and oxygen atoms in total.